The average molecular weight is 434 g/mol. The van der Waals surface area contributed by atoms with Gasteiger partial charge < -0.3 is 15.0 Å². The number of pyridine rings is 1. The van der Waals surface area contributed by atoms with Crippen LogP contribution in [0.3, 0.4) is 0 Å². The van der Waals surface area contributed by atoms with Crippen LogP contribution < -0.4 is 15.6 Å². The van der Waals surface area contributed by atoms with Crippen LogP contribution in [-0.4, -0.2) is 41.5 Å². The van der Waals surface area contributed by atoms with Crippen LogP contribution in [-0.2, 0) is 11.3 Å². The summed E-state index contributed by atoms with van der Waals surface area (Å²) in [7, 11) is 1.54. The lowest BCUT2D eigenvalue weighted by Crippen LogP contribution is -2.37. The molecule has 0 radical (unpaired) electrons. The van der Waals surface area contributed by atoms with Crippen LogP contribution in [0.1, 0.15) is 35.2 Å². The highest BCUT2D eigenvalue weighted by Gasteiger charge is 2.22. The first-order chi connectivity index (χ1) is 15.5. The minimum absolute atomic E-state index is 0.126. The van der Waals surface area contributed by atoms with Crippen molar-refractivity contribution in [1.29, 1.82) is 0 Å². The molecule has 3 aromatic rings. The second kappa shape index (κ2) is 9.26. The SMILES string of the molecule is COc1ccc(C)cc1NC(=O)Cn1c(=O)cc(C(=O)N2CCCCC2)c2ccccc21. The molecular weight excluding hydrogens is 406 g/mol. The number of benzene rings is 2. The van der Waals surface area contributed by atoms with Crippen LogP contribution >= 0.6 is 0 Å². The molecule has 2 aromatic carbocycles. The molecule has 7 heteroatoms. The predicted molar refractivity (Wildman–Crippen MR) is 124 cm³/mol. The topological polar surface area (TPSA) is 80.6 Å². The molecule has 0 unspecified atom stereocenters. The van der Waals surface area contributed by atoms with Gasteiger partial charge in [-0.15, -0.1) is 0 Å². The molecule has 32 heavy (non-hydrogen) atoms. The van der Waals surface area contributed by atoms with Crippen molar-refractivity contribution in [3.63, 3.8) is 0 Å². The summed E-state index contributed by atoms with van der Waals surface area (Å²) in [5, 5.41) is 3.50. The molecule has 0 aliphatic carbocycles. The van der Waals surface area contributed by atoms with Gasteiger partial charge in [0.1, 0.15) is 12.3 Å². The number of para-hydroxylation sites is 1. The fourth-order valence-electron chi connectivity index (χ4n) is 4.19. The highest BCUT2D eigenvalue weighted by Crippen LogP contribution is 2.25. The van der Waals surface area contributed by atoms with Gasteiger partial charge in [0, 0.05) is 24.5 Å². The third kappa shape index (κ3) is 4.37. The Labute approximate surface area is 186 Å². The number of hydrogen-bond acceptors (Lipinski definition) is 4. The fourth-order valence-corrected chi connectivity index (χ4v) is 4.19. The predicted octanol–water partition coefficient (Wildman–Crippen LogP) is 3.58. The summed E-state index contributed by atoms with van der Waals surface area (Å²) in [5.74, 6) is 0.0685. The van der Waals surface area contributed by atoms with Crippen molar-refractivity contribution < 1.29 is 14.3 Å². The first kappa shape index (κ1) is 21.6. The number of carbonyl (C=O) groups excluding carboxylic acids is 2. The minimum atomic E-state index is -0.379. The summed E-state index contributed by atoms with van der Waals surface area (Å²) < 4.78 is 6.72. The maximum absolute atomic E-state index is 13.1. The summed E-state index contributed by atoms with van der Waals surface area (Å²) >= 11 is 0. The van der Waals surface area contributed by atoms with E-state index in [2.05, 4.69) is 5.32 Å². The number of aromatic nitrogens is 1. The fraction of sp³-hybridized carbons (Fsp3) is 0.320. The van der Waals surface area contributed by atoms with E-state index < -0.39 is 0 Å². The molecule has 1 fully saturated rings. The third-order valence-corrected chi connectivity index (χ3v) is 5.82. The number of ether oxygens (including phenoxy) is 1. The van der Waals surface area contributed by atoms with Crippen LogP contribution in [0.4, 0.5) is 5.69 Å². The number of carbonyl (C=O) groups is 2. The largest absolute Gasteiger partial charge is 0.495 e. The molecule has 166 valence electrons. The van der Waals surface area contributed by atoms with Crippen LogP contribution in [0.15, 0.2) is 53.3 Å². The van der Waals surface area contributed by atoms with Crippen LogP contribution in [0.25, 0.3) is 10.9 Å². The second-order valence-corrected chi connectivity index (χ2v) is 8.10. The number of anilines is 1. The maximum Gasteiger partial charge on any atom is 0.254 e. The zero-order valence-corrected chi connectivity index (χ0v) is 18.4. The molecule has 2 amide bonds. The molecule has 4 rings (SSSR count). The zero-order valence-electron chi connectivity index (χ0n) is 18.4. The van der Waals surface area contributed by atoms with Crippen molar-refractivity contribution in [2.45, 2.75) is 32.7 Å². The van der Waals surface area contributed by atoms with Gasteiger partial charge >= 0.3 is 0 Å². The Bertz CT molecular complexity index is 1230. The van der Waals surface area contributed by atoms with Crippen molar-refractivity contribution in [3.8, 4) is 5.75 Å². The van der Waals surface area contributed by atoms with Gasteiger partial charge in [0.25, 0.3) is 11.5 Å². The monoisotopic (exact) mass is 433 g/mol. The number of likely N-dealkylation sites (tertiary alicyclic amines) is 1. The van der Waals surface area contributed by atoms with Crippen molar-refractivity contribution >= 4 is 28.4 Å². The Hall–Kier alpha value is -3.61. The number of amides is 2. The van der Waals surface area contributed by atoms with E-state index in [1.807, 2.05) is 36.1 Å². The molecule has 2 heterocycles. The van der Waals surface area contributed by atoms with Crippen molar-refractivity contribution in [2.75, 3.05) is 25.5 Å². The van der Waals surface area contributed by atoms with E-state index >= 15 is 0 Å². The van der Waals surface area contributed by atoms with Crippen LogP contribution in [0, 0.1) is 6.92 Å². The Morgan fingerprint density at radius 1 is 1.03 bits per heavy atom. The first-order valence-electron chi connectivity index (χ1n) is 10.8. The third-order valence-electron chi connectivity index (χ3n) is 5.82. The van der Waals surface area contributed by atoms with Gasteiger partial charge in [0.2, 0.25) is 5.91 Å². The lowest BCUT2D eigenvalue weighted by atomic mass is 10.0. The van der Waals surface area contributed by atoms with Gasteiger partial charge in [-0.05, 0) is 49.9 Å². The number of nitrogens with one attached hydrogen (secondary N) is 1. The van der Waals surface area contributed by atoms with E-state index in [4.69, 9.17) is 4.74 Å². The van der Waals surface area contributed by atoms with Gasteiger partial charge in [-0.3, -0.25) is 19.0 Å². The molecule has 1 N–H and O–H groups in total. The number of nitrogens with zero attached hydrogens (tertiary/aromatic N) is 2. The zero-order chi connectivity index (χ0) is 22.7. The number of aryl methyl sites for hydroxylation is 1. The van der Waals surface area contributed by atoms with Crippen LogP contribution in [0.2, 0.25) is 0 Å². The molecule has 1 aliphatic rings. The van der Waals surface area contributed by atoms with Gasteiger partial charge in [-0.2, -0.15) is 0 Å². The number of piperidine rings is 1. The van der Waals surface area contributed by atoms with Crippen molar-refractivity contribution in [1.82, 2.24) is 9.47 Å². The lowest BCUT2D eigenvalue weighted by Gasteiger charge is -2.27. The summed E-state index contributed by atoms with van der Waals surface area (Å²) in [4.78, 5) is 40.8. The molecule has 0 saturated carbocycles. The average Bonchev–Trinajstić information content (AvgIpc) is 2.81. The van der Waals surface area contributed by atoms with E-state index in [0.29, 0.717) is 41.0 Å². The van der Waals surface area contributed by atoms with Gasteiger partial charge in [0.15, 0.2) is 0 Å². The smallest absolute Gasteiger partial charge is 0.254 e. The van der Waals surface area contributed by atoms with Crippen molar-refractivity contribution in [2.24, 2.45) is 0 Å². The number of fused-ring (bicyclic) bond motifs is 1. The maximum atomic E-state index is 13.1. The standard InChI is InChI=1S/C25H27N3O4/c1-17-10-11-22(32-2)20(14-17)26-23(29)16-28-21-9-5-4-8-18(21)19(15-24(28)30)25(31)27-12-6-3-7-13-27/h4-5,8-11,14-15H,3,6-7,12-13,16H2,1-2H3,(H,26,29). The van der Waals surface area contributed by atoms with E-state index in [0.717, 1.165) is 24.8 Å². The van der Waals surface area contributed by atoms with Gasteiger partial charge in [0.05, 0.1) is 23.9 Å². The first-order valence-corrected chi connectivity index (χ1v) is 10.8. The molecule has 7 nitrogen and oxygen atoms in total. The molecule has 0 bridgehead atoms. The Kier molecular flexibility index (Phi) is 6.25. The summed E-state index contributed by atoms with van der Waals surface area (Å²) in [6.45, 7) is 3.16. The Morgan fingerprint density at radius 3 is 2.53 bits per heavy atom. The summed E-state index contributed by atoms with van der Waals surface area (Å²) in [6.07, 6.45) is 3.07. The molecule has 1 aliphatic heterocycles. The number of hydrogen-bond donors (Lipinski definition) is 1. The highest BCUT2D eigenvalue weighted by molar-refractivity contribution is 6.06. The van der Waals surface area contributed by atoms with Gasteiger partial charge in [-0.25, -0.2) is 0 Å². The normalized spacial score (nSPS) is 13.8. The van der Waals surface area contributed by atoms with Crippen molar-refractivity contribution in [3.05, 3.63) is 70.0 Å². The summed E-state index contributed by atoms with van der Waals surface area (Å²) in [6, 6.07) is 14.1. The van der Waals surface area contributed by atoms with Gasteiger partial charge in [-0.1, -0.05) is 24.3 Å². The molecule has 1 aromatic heterocycles. The highest BCUT2D eigenvalue weighted by atomic mass is 16.5. The molecule has 1 saturated heterocycles. The second-order valence-electron chi connectivity index (χ2n) is 8.10. The Balaban J connectivity index is 1.66. The van der Waals surface area contributed by atoms with E-state index in [1.165, 1.54) is 17.7 Å². The van der Waals surface area contributed by atoms with E-state index in [1.54, 1.807) is 18.2 Å². The quantitative estimate of drug-likeness (QED) is 0.667. The van der Waals surface area contributed by atoms with Crippen LogP contribution in [0.5, 0.6) is 5.75 Å². The molecular formula is C25H27N3O4. The molecule has 0 spiro atoms. The van der Waals surface area contributed by atoms with E-state index in [9.17, 15) is 14.4 Å². The summed E-state index contributed by atoms with van der Waals surface area (Å²) in [5.41, 5.74) is 2.10. The Morgan fingerprint density at radius 2 is 1.78 bits per heavy atom. The van der Waals surface area contributed by atoms with E-state index in [-0.39, 0.29) is 23.9 Å². The minimum Gasteiger partial charge on any atom is -0.495 e. The number of methoxy groups -OCH3 is 1. The number of rotatable bonds is 5. The lowest BCUT2D eigenvalue weighted by molar-refractivity contribution is -0.116. The molecule has 0 atom stereocenters.